The van der Waals surface area contributed by atoms with Crippen molar-refractivity contribution in [1.82, 2.24) is 0 Å². The lowest BCUT2D eigenvalue weighted by Gasteiger charge is -2.19. The van der Waals surface area contributed by atoms with Gasteiger partial charge in [0.15, 0.2) is 0 Å². The van der Waals surface area contributed by atoms with Gasteiger partial charge < -0.3 is 24.8 Å². The highest BCUT2D eigenvalue weighted by atomic mass is 19.4. The Labute approximate surface area is 190 Å². The van der Waals surface area contributed by atoms with E-state index in [0.29, 0.717) is 12.8 Å². The molecule has 1 aliphatic carbocycles. The van der Waals surface area contributed by atoms with Crippen molar-refractivity contribution in [3.8, 4) is 5.75 Å². The third-order valence-electron chi connectivity index (χ3n) is 5.36. The number of rotatable bonds is 10. The lowest BCUT2D eigenvalue weighted by molar-refractivity contribution is -0.137. The zero-order chi connectivity index (χ0) is 24.4. The van der Waals surface area contributed by atoms with Gasteiger partial charge in [-0.2, -0.15) is 13.2 Å². The number of methoxy groups -OCH3 is 1. The maximum Gasteiger partial charge on any atom is 0.416 e. The minimum atomic E-state index is -4.49. The molecule has 0 aromatic heterocycles. The van der Waals surface area contributed by atoms with E-state index in [1.807, 2.05) is 12.2 Å². The highest BCUT2D eigenvalue weighted by molar-refractivity contribution is 5.81. The summed E-state index contributed by atoms with van der Waals surface area (Å²) in [7, 11) is 1.29. The normalized spacial score (nSPS) is 24.7. The van der Waals surface area contributed by atoms with Crippen LogP contribution in [0.3, 0.4) is 0 Å². The number of aliphatic hydroxyl groups excluding tert-OH is 3. The maximum atomic E-state index is 12.8. The Hall–Kier alpha value is -2.62. The Bertz CT molecular complexity index is 849. The van der Waals surface area contributed by atoms with E-state index in [0.717, 1.165) is 12.1 Å². The molecule has 0 saturated heterocycles. The zero-order valence-electron chi connectivity index (χ0n) is 18.2. The molecular weight excluding hydrogens is 441 g/mol. The monoisotopic (exact) mass is 470 g/mol. The van der Waals surface area contributed by atoms with Gasteiger partial charge in [0.05, 0.1) is 24.9 Å². The summed E-state index contributed by atoms with van der Waals surface area (Å²) in [5.41, 5.74) is -0.843. The molecule has 33 heavy (non-hydrogen) atoms. The number of halogens is 3. The molecule has 5 atom stereocenters. The van der Waals surface area contributed by atoms with Gasteiger partial charge in [0.2, 0.25) is 0 Å². The number of aliphatic hydroxyl groups is 3. The van der Waals surface area contributed by atoms with Gasteiger partial charge in [-0.25, -0.2) is 4.79 Å². The number of esters is 1. The van der Waals surface area contributed by atoms with Crippen LogP contribution in [0.15, 0.2) is 60.7 Å². The number of hydrogen-bond donors (Lipinski definition) is 3. The minimum absolute atomic E-state index is 0.0159. The van der Waals surface area contributed by atoms with Crippen LogP contribution < -0.4 is 4.74 Å². The minimum Gasteiger partial charge on any atom is -0.491 e. The quantitative estimate of drug-likeness (QED) is 0.276. The molecule has 1 aliphatic rings. The van der Waals surface area contributed by atoms with Gasteiger partial charge >= 0.3 is 12.1 Å². The van der Waals surface area contributed by atoms with Gasteiger partial charge in [0, 0.05) is 18.4 Å². The number of carbonyl (C=O) groups is 1. The molecule has 3 N–H and O–H groups in total. The fourth-order valence-electron chi connectivity index (χ4n) is 3.62. The fraction of sp³-hybridized carbons (Fsp3) is 0.458. The third kappa shape index (κ3) is 8.68. The molecule has 1 aromatic rings. The second-order valence-electron chi connectivity index (χ2n) is 7.77. The van der Waals surface area contributed by atoms with Gasteiger partial charge in [0.1, 0.15) is 18.5 Å². The SMILES string of the molecule is COC(=O)/C=C\C/C=C\CC1C(O)CC(O)[C@@H]1/C=C/[C@@H](O)COc1cccc(C(F)(F)F)c1. The third-order valence-corrected chi connectivity index (χ3v) is 5.36. The topological polar surface area (TPSA) is 96.2 Å². The van der Waals surface area contributed by atoms with E-state index in [9.17, 15) is 33.3 Å². The van der Waals surface area contributed by atoms with Crippen molar-refractivity contribution in [2.75, 3.05) is 13.7 Å². The number of benzene rings is 1. The van der Waals surface area contributed by atoms with Gasteiger partial charge in [0.25, 0.3) is 0 Å². The van der Waals surface area contributed by atoms with Crippen LogP contribution in [0, 0.1) is 11.8 Å². The van der Waals surface area contributed by atoms with Crippen LogP contribution in [0.5, 0.6) is 5.75 Å². The summed E-state index contributed by atoms with van der Waals surface area (Å²) in [6.45, 7) is -0.264. The predicted molar refractivity (Wildman–Crippen MR) is 115 cm³/mol. The van der Waals surface area contributed by atoms with Crippen molar-refractivity contribution in [2.24, 2.45) is 11.8 Å². The molecule has 0 spiro atoms. The Morgan fingerprint density at radius 3 is 2.67 bits per heavy atom. The van der Waals surface area contributed by atoms with Crippen LogP contribution >= 0.6 is 0 Å². The first-order chi connectivity index (χ1) is 15.6. The second-order valence-corrected chi connectivity index (χ2v) is 7.77. The molecule has 2 rings (SSSR count). The van der Waals surface area contributed by atoms with E-state index < -0.39 is 41.9 Å². The maximum absolute atomic E-state index is 12.8. The van der Waals surface area contributed by atoms with E-state index in [2.05, 4.69) is 4.74 Å². The molecule has 0 heterocycles. The van der Waals surface area contributed by atoms with Crippen molar-refractivity contribution >= 4 is 5.97 Å². The zero-order valence-corrected chi connectivity index (χ0v) is 18.2. The van der Waals surface area contributed by atoms with Crippen LogP contribution in [0.4, 0.5) is 13.2 Å². The summed E-state index contributed by atoms with van der Waals surface area (Å²) in [6.07, 6.45) is 3.74. The van der Waals surface area contributed by atoms with Crippen LogP contribution in [0.2, 0.25) is 0 Å². The number of carbonyl (C=O) groups excluding carboxylic acids is 1. The lowest BCUT2D eigenvalue weighted by Crippen LogP contribution is -2.21. The second kappa shape index (κ2) is 12.6. The average molecular weight is 470 g/mol. The van der Waals surface area contributed by atoms with Crippen molar-refractivity contribution < 1.29 is 42.8 Å². The van der Waals surface area contributed by atoms with Gasteiger partial charge in [-0.05, 0) is 37.0 Å². The van der Waals surface area contributed by atoms with Gasteiger partial charge in [-0.3, -0.25) is 0 Å². The summed E-state index contributed by atoms with van der Waals surface area (Å²) in [4.78, 5) is 11.0. The van der Waals surface area contributed by atoms with Crippen molar-refractivity contribution in [1.29, 1.82) is 0 Å². The molecule has 0 amide bonds. The fourth-order valence-corrected chi connectivity index (χ4v) is 3.62. The van der Waals surface area contributed by atoms with Crippen LogP contribution in [-0.2, 0) is 15.7 Å². The Morgan fingerprint density at radius 1 is 1.21 bits per heavy atom. The molecular formula is C24H29F3O6. The van der Waals surface area contributed by atoms with Crippen molar-refractivity contribution in [3.05, 3.63) is 66.3 Å². The van der Waals surface area contributed by atoms with E-state index >= 15 is 0 Å². The molecule has 0 radical (unpaired) electrons. The molecule has 1 fully saturated rings. The van der Waals surface area contributed by atoms with Crippen LogP contribution in [0.25, 0.3) is 0 Å². The summed E-state index contributed by atoms with van der Waals surface area (Å²) < 4.78 is 48.1. The molecule has 1 aromatic carbocycles. The number of allylic oxidation sites excluding steroid dienone is 3. The van der Waals surface area contributed by atoms with Crippen molar-refractivity contribution in [2.45, 2.75) is 43.8 Å². The standard InChI is InChI=1S/C24H29F3O6/c1-32-23(31)10-5-3-2-4-9-19-20(22(30)14-21(19)29)12-11-17(28)15-33-18-8-6-7-16(13-18)24(25,26)27/h2,4-8,10-13,17,19-22,28-30H,3,9,14-15H2,1H3/b4-2-,10-5-,12-11+/t17-,19?,20-,21?,22?/m1/s1. The Kier molecular flexibility index (Phi) is 10.1. The summed E-state index contributed by atoms with van der Waals surface area (Å²) in [5, 5.41) is 30.7. The molecule has 9 heteroatoms. The molecule has 182 valence electrons. The summed E-state index contributed by atoms with van der Waals surface area (Å²) in [5.74, 6) is -1.14. The van der Waals surface area contributed by atoms with Gasteiger partial charge in [-0.1, -0.05) is 36.4 Å². The molecule has 3 unspecified atom stereocenters. The average Bonchev–Trinajstić information content (AvgIpc) is 3.04. The number of hydrogen-bond acceptors (Lipinski definition) is 6. The van der Waals surface area contributed by atoms with E-state index in [1.54, 1.807) is 12.2 Å². The number of ether oxygens (including phenoxy) is 2. The summed E-state index contributed by atoms with van der Waals surface area (Å²) in [6, 6.07) is 4.38. The highest BCUT2D eigenvalue weighted by Gasteiger charge is 2.39. The van der Waals surface area contributed by atoms with E-state index in [1.165, 1.54) is 31.4 Å². The first kappa shape index (κ1) is 26.6. The smallest absolute Gasteiger partial charge is 0.416 e. The van der Waals surface area contributed by atoms with Crippen molar-refractivity contribution in [3.63, 3.8) is 0 Å². The predicted octanol–water partition coefficient (Wildman–Crippen LogP) is 3.42. The number of alkyl halides is 3. The van der Waals surface area contributed by atoms with E-state index in [4.69, 9.17) is 4.74 Å². The van der Waals surface area contributed by atoms with Crippen LogP contribution in [-0.4, -0.2) is 53.3 Å². The largest absolute Gasteiger partial charge is 0.491 e. The summed E-state index contributed by atoms with van der Waals surface area (Å²) >= 11 is 0. The first-order valence-electron chi connectivity index (χ1n) is 10.5. The molecule has 0 aliphatic heterocycles. The van der Waals surface area contributed by atoms with Gasteiger partial charge in [-0.15, -0.1) is 0 Å². The van der Waals surface area contributed by atoms with Crippen LogP contribution in [0.1, 0.15) is 24.8 Å². The Balaban J connectivity index is 1.89. The molecule has 6 nitrogen and oxygen atoms in total. The highest BCUT2D eigenvalue weighted by Crippen LogP contribution is 2.36. The first-order valence-corrected chi connectivity index (χ1v) is 10.5. The molecule has 1 saturated carbocycles. The Morgan fingerprint density at radius 2 is 1.97 bits per heavy atom. The van der Waals surface area contributed by atoms with E-state index in [-0.39, 0.29) is 24.7 Å². The molecule has 0 bridgehead atoms. The lowest BCUT2D eigenvalue weighted by atomic mass is 9.89.